The third-order valence-corrected chi connectivity index (χ3v) is 8.38. The lowest BCUT2D eigenvalue weighted by atomic mass is 9.89. The van der Waals surface area contributed by atoms with E-state index in [1.807, 2.05) is 37.3 Å². The van der Waals surface area contributed by atoms with Crippen molar-refractivity contribution in [2.75, 3.05) is 24.3 Å². The fraction of sp³-hybridized carbons (Fsp3) is 0.769. The van der Waals surface area contributed by atoms with Crippen molar-refractivity contribution in [3.63, 3.8) is 0 Å². The Morgan fingerprint density at radius 3 is 2.09 bits per heavy atom. The highest BCUT2D eigenvalue weighted by molar-refractivity contribution is 7.99. The number of thioether (sulfide) groups is 1. The van der Waals surface area contributed by atoms with Crippen molar-refractivity contribution in [3.8, 4) is 0 Å². The van der Waals surface area contributed by atoms with Gasteiger partial charge in [-0.05, 0) is 42.8 Å². The summed E-state index contributed by atoms with van der Waals surface area (Å²) in [7, 11) is -3.76. The van der Waals surface area contributed by atoms with Crippen molar-refractivity contribution < 1.29 is 19.1 Å². The number of hydrogen-bond donors (Lipinski definition) is 2. The Kier molecular flexibility index (Phi) is 17.7. The smallest absolute Gasteiger partial charge is 0.330 e. The molecule has 0 saturated heterocycles. The molecule has 186 valence electrons. The summed E-state index contributed by atoms with van der Waals surface area (Å²) in [6.07, 6.45) is 13.2. The molecule has 6 heteroatoms. The van der Waals surface area contributed by atoms with Gasteiger partial charge in [-0.25, -0.2) is 0 Å². The van der Waals surface area contributed by atoms with Crippen LogP contribution in [0.25, 0.3) is 0 Å². The van der Waals surface area contributed by atoms with E-state index in [4.69, 9.17) is 4.52 Å². The molecule has 0 aromatic heterocycles. The Morgan fingerprint density at radius 2 is 1.47 bits per heavy atom. The van der Waals surface area contributed by atoms with Crippen LogP contribution in [0.5, 0.6) is 0 Å². The normalized spacial score (nSPS) is 15.4. The van der Waals surface area contributed by atoms with E-state index in [-0.39, 0.29) is 18.7 Å². The maximum atomic E-state index is 12.3. The molecule has 4 nitrogen and oxygen atoms in total. The molecule has 3 unspecified atom stereocenters. The first-order valence-corrected chi connectivity index (χ1v) is 15.7. The molecule has 0 aliphatic carbocycles. The first-order valence-electron chi connectivity index (χ1n) is 12.8. The number of unbranched alkanes of at least 4 members (excludes halogenated alkanes) is 8. The van der Waals surface area contributed by atoms with E-state index >= 15 is 0 Å². The van der Waals surface area contributed by atoms with Crippen LogP contribution >= 0.6 is 19.4 Å². The van der Waals surface area contributed by atoms with Crippen molar-refractivity contribution in [1.82, 2.24) is 0 Å². The molecule has 0 saturated carbocycles. The van der Waals surface area contributed by atoms with Gasteiger partial charge in [0.25, 0.3) is 0 Å². The second-order valence-corrected chi connectivity index (χ2v) is 11.9. The fourth-order valence-electron chi connectivity index (χ4n) is 3.94. The standard InChI is InChI=1S/C26H47O4PS/c1-3-5-6-9-15-21-32-22-16-10-7-8-14-19-25(24-17-12-11-13-18-24)26(27)23-31(28,29)30-20-4-2/h11-13,17-18,25-27H,3-10,14-16,19-23H2,1-2H3,(H,28,29). The van der Waals surface area contributed by atoms with Crippen LogP contribution in [-0.2, 0) is 9.09 Å². The number of hydrogen-bond acceptors (Lipinski definition) is 4. The van der Waals surface area contributed by atoms with E-state index in [0.717, 1.165) is 24.8 Å². The summed E-state index contributed by atoms with van der Waals surface area (Å²) >= 11 is 2.10. The highest BCUT2D eigenvalue weighted by Gasteiger charge is 2.30. The van der Waals surface area contributed by atoms with E-state index in [1.165, 1.54) is 62.9 Å². The topological polar surface area (TPSA) is 66.8 Å². The SMILES string of the molecule is CCCCCCCSCCCCCCCC(c1ccccc1)C(O)CP(=O)(O)OCCC. The summed E-state index contributed by atoms with van der Waals surface area (Å²) in [5.74, 6) is 2.44. The van der Waals surface area contributed by atoms with Gasteiger partial charge in [0.2, 0.25) is 0 Å². The molecule has 0 radical (unpaired) electrons. The van der Waals surface area contributed by atoms with E-state index < -0.39 is 13.7 Å². The van der Waals surface area contributed by atoms with Gasteiger partial charge in [-0.1, -0.05) is 95.5 Å². The molecule has 3 atom stereocenters. The van der Waals surface area contributed by atoms with Crippen LogP contribution in [0.15, 0.2) is 30.3 Å². The predicted octanol–water partition coefficient (Wildman–Crippen LogP) is 7.79. The zero-order valence-corrected chi connectivity index (χ0v) is 22.1. The predicted molar refractivity (Wildman–Crippen MR) is 140 cm³/mol. The average Bonchev–Trinajstić information content (AvgIpc) is 2.78. The first kappa shape index (κ1) is 29.7. The van der Waals surface area contributed by atoms with Gasteiger partial charge in [0.05, 0.1) is 18.9 Å². The Morgan fingerprint density at radius 1 is 0.875 bits per heavy atom. The zero-order chi connectivity index (χ0) is 23.5. The second kappa shape index (κ2) is 19.0. The Labute approximate surface area is 201 Å². The van der Waals surface area contributed by atoms with Crippen LogP contribution in [0.1, 0.15) is 102 Å². The second-order valence-electron chi connectivity index (χ2n) is 8.82. The molecule has 0 heterocycles. The van der Waals surface area contributed by atoms with Gasteiger partial charge in [-0.3, -0.25) is 4.57 Å². The van der Waals surface area contributed by atoms with E-state index in [1.54, 1.807) is 0 Å². The minimum atomic E-state index is -3.76. The minimum absolute atomic E-state index is 0.134. The van der Waals surface area contributed by atoms with Gasteiger partial charge in [-0.15, -0.1) is 0 Å². The maximum absolute atomic E-state index is 12.3. The molecule has 0 spiro atoms. The van der Waals surface area contributed by atoms with Crippen molar-refractivity contribution in [2.24, 2.45) is 0 Å². The lowest BCUT2D eigenvalue weighted by Crippen LogP contribution is -2.23. The lowest BCUT2D eigenvalue weighted by molar-refractivity contribution is 0.146. The lowest BCUT2D eigenvalue weighted by Gasteiger charge is -2.25. The van der Waals surface area contributed by atoms with Crippen LogP contribution in [-0.4, -0.2) is 40.4 Å². The highest BCUT2D eigenvalue weighted by atomic mass is 32.2. The molecular weight excluding hydrogens is 439 g/mol. The van der Waals surface area contributed by atoms with Gasteiger partial charge in [-0.2, -0.15) is 11.8 Å². The van der Waals surface area contributed by atoms with Gasteiger partial charge >= 0.3 is 7.60 Å². The van der Waals surface area contributed by atoms with E-state index in [2.05, 4.69) is 18.7 Å². The van der Waals surface area contributed by atoms with Crippen LogP contribution in [0, 0.1) is 0 Å². The summed E-state index contributed by atoms with van der Waals surface area (Å²) in [6, 6.07) is 9.88. The maximum Gasteiger partial charge on any atom is 0.330 e. The molecule has 0 amide bonds. The molecule has 1 aromatic rings. The number of benzene rings is 1. The fourth-order valence-corrected chi connectivity index (χ4v) is 6.26. The zero-order valence-electron chi connectivity index (χ0n) is 20.4. The molecule has 0 bridgehead atoms. The third kappa shape index (κ3) is 14.8. The van der Waals surface area contributed by atoms with Crippen LogP contribution in [0.3, 0.4) is 0 Å². The van der Waals surface area contributed by atoms with Gasteiger partial charge in [0, 0.05) is 5.92 Å². The van der Waals surface area contributed by atoms with Crippen molar-refractivity contribution in [2.45, 2.75) is 103 Å². The number of aliphatic hydroxyl groups is 1. The Bertz CT molecular complexity index is 599. The summed E-state index contributed by atoms with van der Waals surface area (Å²) in [4.78, 5) is 10.1. The van der Waals surface area contributed by atoms with Gasteiger partial charge < -0.3 is 14.5 Å². The molecule has 0 fully saturated rings. The first-order chi connectivity index (χ1) is 15.5. The van der Waals surface area contributed by atoms with Crippen molar-refractivity contribution in [1.29, 1.82) is 0 Å². The third-order valence-electron chi connectivity index (χ3n) is 5.80. The van der Waals surface area contributed by atoms with Crippen LogP contribution in [0.4, 0.5) is 0 Å². The average molecular weight is 487 g/mol. The number of rotatable bonds is 21. The summed E-state index contributed by atoms with van der Waals surface area (Å²) in [5, 5.41) is 10.8. The van der Waals surface area contributed by atoms with Crippen molar-refractivity contribution in [3.05, 3.63) is 35.9 Å². The summed E-state index contributed by atoms with van der Waals surface area (Å²) < 4.78 is 17.4. The van der Waals surface area contributed by atoms with E-state index in [0.29, 0.717) is 6.42 Å². The molecule has 2 N–H and O–H groups in total. The molecule has 0 aliphatic heterocycles. The molecule has 1 aromatic carbocycles. The number of aliphatic hydroxyl groups excluding tert-OH is 1. The minimum Gasteiger partial charge on any atom is -0.392 e. The molecule has 32 heavy (non-hydrogen) atoms. The Hall–Kier alpha value is -0.320. The quantitative estimate of drug-likeness (QED) is 0.137. The largest absolute Gasteiger partial charge is 0.392 e. The highest BCUT2D eigenvalue weighted by Crippen LogP contribution is 2.45. The molecule has 0 aliphatic rings. The molecular formula is C26H47O4PS. The van der Waals surface area contributed by atoms with Gasteiger partial charge in [0.1, 0.15) is 0 Å². The Balaban J connectivity index is 2.28. The van der Waals surface area contributed by atoms with Crippen LogP contribution in [0.2, 0.25) is 0 Å². The van der Waals surface area contributed by atoms with Crippen LogP contribution < -0.4 is 0 Å². The monoisotopic (exact) mass is 486 g/mol. The van der Waals surface area contributed by atoms with Gasteiger partial charge in [0.15, 0.2) is 0 Å². The summed E-state index contributed by atoms with van der Waals surface area (Å²) in [5.41, 5.74) is 1.03. The van der Waals surface area contributed by atoms with Crippen molar-refractivity contribution >= 4 is 19.4 Å². The summed E-state index contributed by atoms with van der Waals surface area (Å²) in [6.45, 7) is 4.40. The molecule has 1 rings (SSSR count). The van der Waals surface area contributed by atoms with E-state index in [9.17, 15) is 14.6 Å².